The van der Waals surface area contributed by atoms with Crippen LogP contribution in [0.4, 0.5) is 0 Å². The monoisotopic (exact) mass is 379 g/mol. The highest BCUT2D eigenvalue weighted by molar-refractivity contribution is 6.03. The van der Waals surface area contributed by atoms with Crippen LogP contribution in [0.15, 0.2) is 53.6 Å². The smallest absolute Gasteiger partial charge is 0.257 e. The van der Waals surface area contributed by atoms with Gasteiger partial charge < -0.3 is 4.74 Å². The quantitative estimate of drug-likeness (QED) is 0.761. The zero-order valence-corrected chi connectivity index (χ0v) is 17.3. The van der Waals surface area contributed by atoms with Crippen molar-refractivity contribution >= 4 is 11.6 Å². The van der Waals surface area contributed by atoms with Gasteiger partial charge in [0.2, 0.25) is 0 Å². The molecule has 5 nitrogen and oxygen atoms in total. The number of hydrazone groups is 1. The van der Waals surface area contributed by atoms with Crippen molar-refractivity contribution in [3.8, 4) is 5.75 Å². The second-order valence-corrected chi connectivity index (χ2v) is 7.66. The minimum Gasteiger partial charge on any atom is -0.497 e. The first-order valence-corrected chi connectivity index (χ1v) is 9.70. The Labute approximate surface area is 167 Å². The highest BCUT2D eigenvalue weighted by Crippen LogP contribution is 2.33. The second kappa shape index (κ2) is 8.57. The predicted molar refractivity (Wildman–Crippen MR) is 113 cm³/mol. The summed E-state index contributed by atoms with van der Waals surface area (Å²) in [5.41, 5.74) is 4.20. The van der Waals surface area contributed by atoms with E-state index >= 15 is 0 Å². The molecule has 1 aliphatic rings. The number of ether oxygens (including phenoxy) is 1. The van der Waals surface area contributed by atoms with Gasteiger partial charge in [0.25, 0.3) is 5.91 Å². The fourth-order valence-corrected chi connectivity index (χ4v) is 3.23. The lowest BCUT2D eigenvalue weighted by Gasteiger charge is -2.26. The molecule has 0 fully saturated rings. The first kappa shape index (κ1) is 20.1. The zero-order chi connectivity index (χ0) is 20.3. The van der Waals surface area contributed by atoms with E-state index in [0.717, 1.165) is 22.6 Å². The predicted octanol–water partition coefficient (Wildman–Crippen LogP) is 4.02. The number of aryl methyl sites for hydroxylation is 1. The number of carbonyl (C=O) groups is 1. The van der Waals surface area contributed by atoms with Crippen molar-refractivity contribution in [2.45, 2.75) is 39.3 Å². The lowest BCUT2D eigenvalue weighted by Crippen LogP contribution is -2.39. The summed E-state index contributed by atoms with van der Waals surface area (Å²) in [6.45, 7) is 6.57. The van der Waals surface area contributed by atoms with Gasteiger partial charge in [0.05, 0.1) is 25.4 Å². The van der Waals surface area contributed by atoms with E-state index in [1.165, 1.54) is 5.56 Å². The Balaban J connectivity index is 1.92. The second-order valence-electron chi connectivity index (χ2n) is 7.66. The number of carbonyl (C=O) groups excluding carboxylic acids is 1. The van der Waals surface area contributed by atoms with Crippen LogP contribution in [-0.4, -0.2) is 48.3 Å². The molecule has 3 rings (SSSR count). The zero-order valence-electron chi connectivity index (χ0n) is 17.3. The number of hydrogen-bond donors (Lipinski definition) is 0. The van der Waals surface area contributed by atoms with Crippen LogP contribution in [0.1, 0.15) is 43.0 Å². The molecule has 0 aliphatic carbocycles. The fraction of sp³-hybridized carbons (Fsp3) is 0.391. The number of likely N-dealkylation sites (N-methyl/N-ethyl adjacent to an activating group) is 1. The molecule has 0 saturated heterocycles. The molecule has 0 aromatic heterocycles. The average Bonchev–Trinajstić information content (AvgIpc) is 3.14. The Hall–Kier alpha value is -2.66. The first-order chi connectivity index (χ1) is 13.4. The largest absolute Gasteiger partial charge is 0.497 e. The van der Waals surface area contributed by atoms with Crippen molar-refractivity contribution in [3.05, 3.63) is 65.2 Å². The SMILES string of the molecule is COc1cccc(C2=NN(C(=O)CN(C)C(C)C)C(c3ccc(C)cc3)C2)c1. The Morgan fingerprint density at radius 1 is 1.25 bits per heavy atom. The van der Waals surface area contributed by atoms with Gasteiger partial charge in [0.1, 0.15) is 5.75 Å². The molecule has 1 atom stereocenters. The lowest BCUT2D eigenvalue weighted by molar-refractivity contribution is -0.134. The molecule has 0 N–H and O–H groups in total. The van der Waals surface area contributed by atoms with Gasteiger partial charge >= 0.3 is 0 Å². The highest BCUT2D eigenvalue weighted by Gasteiger charge is 2.33. The van der Waals surface area contributed by atoms with Crippen LogP contribution < -0.4 is 4.74 Å². The minimum absolute atomic E-state index is 0.0136. The van der Waals surface area contributed by atoms with Gasteiger partial charge in [-0.3, -0.25) is 9.69 Å². The van der Waals surface area contributed by atoms with Crippen LogP contribution in [0.3, 0.4) is 0 Å². The van der Waals surface area contributed by atoms with Crippen molar-refractivity contribution in [1.82, 2.24) is 9.91 Å². The summed E-state index contributed by atoms with van der Waals surface area (Å²) in [4.78, 5) is 15.1. The Bertz CT molecular complexity index is 858. The summed E-state index contributed by atoms with van der Waals surface area (Å²) in [5.74, 6) is 0.802. The van der Waals surface area contributed by atoms with E-state index in [2.05, 4.69) is 45.0 Å². The van der Waals surface area contributed by atoms with Crippen molar-refractivity contribution < 1.29 is 9.53 Å². The molecule has 2 aromatic rings. The Morgan fingerprint density at radius 2 is 1.96 bits per heavy atom. The number of hydrogen-bond acceptors (Lipinski definition) is 4. The summed E-state index contributed by atoms with van der Waals surface area (Å²) >= 11 is 0. The maximum absolute atomic E-state index is 13.1. The standard InChI is InChI=1S/C23H29N3O2/c1-16(2)25(4)15-23(27)26-22(18-11-9-17(3)10-12-18)14-21(24-26)19-7-6-8-20(13-19)28-5/h6-13,16,22H,14-15H2,1-5H3. The molecule has 1 heterocycles. The Kier molecular flexibility index (Phi) is 6.15. The molecule has 148 valence electrons. The molecular formula is C23H29N3O2. The van der Waals surface area contributed by atoms with Gasteiger partial charge in [0, 0.05) is 18.0 Å². The molecule has 1 amide bonds. The molecule has 28 heavy (non-hydrogen) atoms. The van der Waals surface area contributed by atoms with E-state index in [4.69, 9.17) is 9.84 Å². The summed E-state index contributed by atoms with van der Waals surface area (Å²) in [7, 11) is 3.62. The third-order valence-electron chi connectivity index (χ3n) is 5.30. The fourth-order valence-electron chi connectivity index (χ4n) is 3.23. The molecule has 0 bridgehead atoms. The molecule has 2 aromatic carbocycles. The van der Waals surface area contributed by atoms with Gasteiger partial charge in [-0.25, -0.2) is 5.01 Å². The van der Waals surface area contributed by atoms with Crippen LogP contribution in [0.5, 0.6) is 5.75 Å². The summed E-state index contributed by atoms with van der Waals surface area (Å²) in [6, 6.07) is 16.4. The van der Waals surface area contributed by atoms with Crippen LogP contribution >= 0.6 is 0 Å². The summed E-state index contributed by atoms with van der Waals surface area (Å²) in [5, 5.41) is 6.41. The van der Waals surface area contributed by atoms with E-state index in [9.17, 15) is 4.79 Å². The van der Waals surface area contributed by atoms with Gasteiger partial charge in [-0.1, -0.05) is 42.0 Å². The number of amides is 1. The normalized spacial score (nSPS) is 16.6. The third kappa shape index (κ3) is 4.42. The van der Waals surface area contributed by atoms with Crippen LogP contribution in [0.2, 0.25) is 0 Å². The topological polar surface area (TPSA) is 45.1 Å². The first-order valence-electron chi connectivity index (χ1n) is 9.70. The lowest BCUT2D eigenvalue weighted by atomic mass is 9.97. The van der Waals surface area contributed by atoms with E-state index in [-0.39, 0.29) is 11.9 Å². The van der Waals surface area contributed by atoms with Crippen molar-refractivity contribution in [2.75, 3.05) is 20.7 Å². The van der Waals surface area contributed by atoms with E-state index in [1.807, 2.05) is 36.2 Å². The van der Waals surface area contributed by atoms with Gasteiger partial charge in [0.15, 0.2) is 0 Å². The van der Waals surface area contributed by atoms with Gasteiger partial charge in [-0.2, -0.15) is 5.10 Å². The molecule has 1 aliphatic heterocycles. The van der Waals surface area contributed by atoms with E-state index in [0.29, 0.717) is 19.0 Å². The van der Waals surface area contributed by atoms with Crippen molar-refractivity contribution in [3.63, 3.8) is 0 Å². The van der Waals surface area contributed by atoms with Gasteiger partial charge in [-0.05, 0) is 45.5 Å². The minimum atomic E-state index is -0.0881. The van der Waals surface area contributed by atoms with E-state index in [1.54, 1.807) is 12.1 Å². The van der Waals surface area contributed by atoms with Crippen molar-refractivity contribution in [1.29, 1.82) is 0 Å². The molecular weight excluding hydrogens is 350 g/mol. The number of methoxy groups -OCH3 is 1. The molecule has 5 heteroatoms. The summed E-state index contributed by atoms with van der Waals surface area (Å²) < 4.78 is 5.35. The van der Waals surface area contributed by atoms with Crippen LogP contribution in [0, 0.1) is 6.92 Å². The van der Waals surface area contributed by atoms with Gasteiger partial charge in [-0.15, -0.1) is 0 Å². The Morgan fingerprint density at radius 3 is 2.61 bits per heavy atom. The number of benzene rings is 2. The molecule has 0 spiro atoms. The molecule has 0 radical (unpaired) electrons. The van der Waals surface area contributed by atoms with E-state index < -0.39 is 0 Å². The number of nitrogens with zero attached hydrogens (tertiary/aromatic N) is 3. The maximum atomic E-state index is 13.1. The van der Waals surface area contributed by atoms with Crippen LogP contribution in [0.25, 0.3) is 0 Å². The molecule has 1 unspecified atom stereocenters. The number of rotatable bonds is 6. The maximum Gasteiger partial charge on any atom is 0.257 e. The molecule has 0 saturated carbocycles. The van der Waals surface area contributed by atoms with Crippen molar-refractivity contribution in [2.24, 2.45) is 5.10 Å². The average molecular weight is 380 g/mol. The van der Waals surface area contributed by atoms with Crippen LogP contribution in [-0.2, 0) is 4.79 Å². The highest BCUT2D eigenvalue weighted by atomic mass is 16.5. The summed E-state index contributed by atoms with van der Waals surface area (Å²) in [6.07, 6.45) is 0.688. The third-order valence-corrected chi connectivity index (χ3v) is 5.30.